The van der Waals surface area contributed by atoms with E-state index < -0.39 is 0 Å². The highest BCUT2D eigenvalue weighted by atomic mass is 16.3. The highest BCUT2D eigenvalue weighted by Gasteiger charge is 1.92. The molecule has 0 atom stereocenters. The summed E-state index contributed by atoms with van der Waals surface area (Å²) in [4.78, 5) is 10.8. The first-order valence-corrected chi connectivity index (χ1v) is 4.17. The summed E-state index contributed by atoms with van der Waals surface area (Å²) in [6.07, 6.45) is 5.25. The van der Waals surface area contributed by atoms with Crippen molar-refractivity contribution in [1.29, 1.82) is 0 Å². The molecule has 0 amide bonds. The minimum atomic E-state index is 0.0620. The van der Waals surface area contributed by atoms with Crippen molar-refractivity contribution < 1.29 is 9.90 Å². The van der Waals surface area contributed by atoms with Crippen molar-refractivity contribution in [3.63, 3.8) is 0 Å². The highest BCUT2D eigenvalue weighted by Crippen LogP contribution is 2.02. The molecule has 0 rings (SSSR count). The third kappa shape index (κ3) is 5.01. The second-order valence-corrected chi connectivity index (χ2v) is 3.03. The fourth-order valence-corrected chi connectivity index (χ4v) is 0.575. The molecule has 0 radical (unpaired) electrons. The molecule has 0 aliphatic carbocycles. The predicted octanol–water partition coefficient (Wildman–Crippen LogP) is 2.93. The molecule has 1 N–H and O–H groups in total. The Hall–Kier alpha value is -1.31. The Balaban J connectivity index is 4.41. The van der Waals surface area contributed by atoms with Gasteiger partial charge in [0.25, 0.3) is 0 Å². The van der Waals surface area contributed by atoms with Crippen molar-refractivity contribution in [3.05, 3.63) is 35.1 Å². The number of hydrogen-bond acceptors (Lipinski definition) is 2. The summed E-state index contributed by atoms with van der Waals surface area (Å²) in [6.45, 7) is 6.72. The minimum Gasteiger partial charge on any atom is -0.512 e. The van der Waals surface area contributed by atoms with E-state index in [-0.39, 0.29) is 5.78 Å². The van der Waals surface area contributed by atoms with Crippen LogP contribution in [-0.4, -0.2) is 10.9 Å². The van der Waals surface area contributed by atoms with Gasteiger partial charge in [-0.1, -0.05) is 18.2 Å². The van der Waals surface area contributed by atoms with Crippen LogP contribution in [0.4, 0.5) is 0 Å². The molecule has 0 aromatic rings. The fraction of sp³-hybridized carbons (Fsp3) is 0.364. The van der Waals surface area contributed by atoms with E-state index in [0.29, 0.717) is 11.3 Å². The quantitative estimate of drug-likeness (QED) is 0.412. The molecule has 2 nitrogen and oxygen atoms in total. The van der Waals surface area contributed by atoms with Gasteiger partial charge in [-0.2, -0.15) is 0 Å². The lowest BCUT2D eigenvalue weighted by atomic mass is 10.2. The average molecular weight is 180 g/mol. The van der Waals surface area contributed by atoms with Crippen LogP contribution in [0.3, 0.4) is 0 Å². The van der Waals surface area contributed by atoms with E-state index in [2.05, 4.69) is 0 Å². The molecule has 2 heteroatoms. The first-order valence-electron chi connectivity index (χ1n) is 4.17. The molecule has 72 valence electrons. The number of hydrogen-bond donors (Lipinski definition) is 1. The zero-order chi connectivity index (χ0) is 10.4. The normalized spacial score (nSPS) is 14.6. The second kappa shape index (κ2) is 5.36. The number of allylic oxidation sites excluding steroid dienone is 6. The lowest BCUT2D eigenvalue weighted by molar-refractivity contribution is -0.113. The van der Waals surface area contributed by atoms with Crippen LogP contribution in [0.5, 0.6) is 0 Å². The Labute approximate surface area is 79.3 Å². The first kappa shape index (κ1) is 11.7. The van der Waals surface area contributed by atoms with Crippen LogP contribution in [0.1, 0.15) is 27.7 Å². The second-order valence-electron chi connectivity index (χ2n) is 3.03. The largest absolute Gasteiger partial charge is 0.512 e. The van der Waals surface area contributed by atoms with Crippen molar-refractivity contribution in [2.75, 3.05) is 0 Å². The Kier molecular flexibility index (Phi) is 4.82. The summed E-state index contributed by atoms with van der Waals surface area (Å²) < 4.78 is 0. The van der Waals surface area contributed by atoms with Crippen molar-refractivity contribution >= 4 is 5.78 Å². The van der Waals surface area contributed by atoms with Gasteiger partial charge >= 0.3 is 0 Å². The Morgan fingerprint density at radius 2 is 1.69 bits per heavy atom. The van der Waals surface area contributed by atoms with Gasteiger partial charge in [-0.15, -0.1) is 0 Å². The third-order valence-corrected chi connectivity index (χ3v) is 1.82. The Bertz CT molecular complexity index is 276. The molecule has 0 aromatic heterocycles. The van der Waals surface area contributed by atoms with Gasteiger partial charge in [-0.3, -0.25) is 4.79 Å². The lowest BCUT2D eigenvalue weighted by Gasteiger charge is -1.93. The Morgan fingerprint density at radius 1 is 1.15 bits per heavy atom. The summed E-state index contributed by atoms with van der Waals surface area (Å²) >= 11 is 0. The summed E-state index contributed by atoms with van der Waals surface area (Å²) in [5.74, 6) is 0.358. The van der Waals surface area contributed by atoms with E-state index >= 15 is 0 Å². The van der Waals surface area contributed by atoms with Gasteiger partial charge in [0, 0.05) is 0 Å². The van der Waals surface area contributed by atoms with Gasteiger partial charge in [0.1, 0.15) is 0 Å². The predicted molar refractivity (Wildman–Crippen MR) is 54.6 cm³/mol. The minimum absolute atomic E-state index is 0.0620. The van der Waals surface area contributed by atoms with Gasteiger partial charge in [-0.25, -0.2) is 0 Å². The molecule has 0 spiro atoms. The molecular weight excluding hydrogens is 164 g/mol. The lowest BCUT2D eigenvalue weighted by Crippen LogP contribution is -1.89. The van der Waals surface area contributed by atoms with Crippen LogP contribution >= 0.6 is 0 Å². The SMILES string of the molecule is CC(=O)C(C)=CC=C/C(C)=C(/C)O. The monoisotopic (exact) mass is 180 g/mol. The van der Waals surface area contributed by atoms with Crippen LogP contribution < -0.4 is 0 Å². The number of carbonyl (C=O) groups excluding carboxylic acids is 1. The van der Waals surface area contributed by atoms with Gasteiger partial charge in [-0.05, 0) is 38.8 Å². The van der Waals surface area contributed by atoms with Crippen LogP contribution in [0, 0.1) is 0 Å². The van der Waals surface area contributed by atoms with E-state index in [1.54, 1.807) is 32.1 Å². The topological polar surface area (TPSA) is 37.3 Å². The maximum atomic E-state index is 10.8. The smallest absolute Gasteiger partial charge is 0.155 e. The van der Waals surface area contributed by atoms with E-state index in [0.717, 1.165) is 5.57 Å². The molecule has 0 aromatic carbocycles. The van der Waals surface area contributed by atoms with E-state index in [4.69, 9.17) is 5.11 Å². The molecular formula is C11H16O2. The van der Waals surface area contributed by atoms with Crippen LogP contribution in [-0.2, 0) is 4.79 Å². The number of aliphatic hydroxyl groups excluding tert-OH is 1. The summed E-state index contributed by atoms with van der Waals surface area (Å²) in [5, 5.41) is 9.04. The van der Waals surface area contributed by atoms with Crippen molar-refractivity contribution in [1.82, 2.24) is 0 Å². The number of Topliss-reactive ketones (excluding diaryl/α,β-unsaturated/α-hetero) is 1. The number of ketones is 1. The zero-order valence-electron chi connectivity index (χ0n) is 8.59. The van der Waals surface area contributed by atoms with Gasteiger partial charge in [0.05, 0.1) is 5.76 Å². The molecule has 0 unspecified atom stereocenters. The summed E-state index contributed by atoms with van der Waals surface area (Å²) in [7, 11) is 0. The molecule has 0 saturated heterocycles. The number of rotatable bonds is 3. The molecule has 0 heterocycles. The van der Waals surface area contributed by atoms with Gasteiger partial charge in [0.15, 0.2) is 5.78 Å². The number of aliphatic hydroxyl groups is 1. The first-order chi connectivity index (χ1) is 5.95. The maximum Gasteiger partial charge on any atom is 0.155 e. The zero-order valence-corrected chi connectivity index (χ0v) is 8.59. The average Bonchev–Trinajstić information content (AvgIpc) is 2.03. The van der Waals surface area contributed by atoms with Crippen molar-refractivity contribution in [2.45, 2.75) is 27.7 Å². The van der Waals surface area contributed by atoms with Crippen LogP contribution in [0.15, 0.2) is 35.1 Å². The molecule has 13 heavy (non-hydrogen) atoms. The number of carbonyl (C=O) groups is 1. The summed E-state index contributed by atoms with van der Waals surface area (Å²) in [6, 6.07) is 0. The van der Waals surface area contributed by atoms with Crippen LogP contribution in [0.2, 0.25) is 0 Å². The van der Waals surface area contributed by atoms with E-state index in [1.165, 1.54) is 6.92 Å². The maximum absolute atomic E-state index is 10.8. The molecule has 0 fully saturated rings. The summed E-state index contributed by atoms with van der Waals surface area (Å²) in [5.41, 5.74) is 1.51. The molecule has 0 saturated carbocycles. The van der Waals surface area contributed by atoms with Gasteiger partial charge < -0.3 is 5.11 Å². The van der Waals surface area contributed by atoms with E-state index in [1.807, 2.05) is 6.92 Å². The standard InChI is InChI=1S/C11H16O2/c1-8(10(3)12)6-5-7-9(2)11(4)13/h5-7,12H,1-4H3/b6-5?,9-7?,10-8-. The molecule has 0 aliphatic rings. The fourth-order valence-electron chi connectivity index (χ4n) is 0.575. The molecule has 0 bridgehead atoms. The highest BCUT2D eigenvalue weighted by molar-refractivity contribution is 5.92. The van der Waals surface area contributed by atoms with Crippen LogP contribution in [0.25, 0.3) is 0 Å². The molecule has 0 aliphatic heterocycles. The third-order valence-electron chi connectivity index (χ3n) is 1.82. The van der Waals surface area contributed by atoms with Crippen molar-refractivity contribution in [3.8, 4) is 0 Å². The Morgan fingerprint density at radius 3 is 2.08 bits per heavy atom. The van der Waals surface area contributed by atoms with E-state index in [9.17, 15) is 4.79 Å². The van der Waals surface area contributed by atoms with Gasteiger partial charge in [0.2, 0.25) is 0 Å². The van der Waals surface area contributed by atoms with Crippen molar-refractivity contribution in [2.24, 2.45) is 0 Å².